The highest BCUT2D eigenvalue weighted by Gasteiger charge is 2.33. The van der Waals surface area contributed by atoms with Gasteiger partial charge in [-0.1, -0.05) is 6.07 Å². The van der Waals surface area contributed by atoms with Crippen molar-refractivity contribution in [1.29, 1.82) is 0 Å². The number of hydrogen-bond donors (Lipinski definition) is 2. The maximum absolute atomic E-state index is 13.0. The van der Waals surface area contributed by atoms with Crippen molar-refractivity contribution in [3.63, 3.8) is 0 Å². The molecule has 36 heavy (non-hydrogen) atoms. The monoisotopic (exact) mass is 490 g/mol. The van der Waals surface area contributed by atoms with E-state index in [4.69, 9.17) is 9.47 Å². The van der Waals surface area contributed by atoms with E-state index < -0.39 is 5.97 Å². The topological polar surface area (TPSA) is 109 Å². The summed E-state index contributed by atoms with van der Waals surface area (Å²) in [6.07, 6.45) is 6.62. The van der Waals surface area contributed by atoms with Gasteiger partial charge in [-0.3, -0.25) is 14.1 Å². The van der Waals surface area contributed by atoms with Crippen molar-refractivity contribution in [3.8, 4) is 5.75 Å². The number of benzene rings is 1. The van der Waals surface area contributed by atoms with Crippen LogP contribution in [0.25, 0.3) is 16.6 Å². The number of carboxylic acid groups (broad SMARTS) is 1. The van der Waals surface area contributed by atoms with Gasteiger partial charge in [-0.2, -0.15) is 0 Å². The van der Waals surface area contributed by atoms with Crippen LogP contribution in [0.4, 0.5) is 0 Å². The molecule has 9 nitrogen and oxygen atoms in total. The standard InChI is InChI=1S/C27H30N4O5/c1-4-36-17-8-11-30(15-19-23(35-3)13-16(2)25-24(19)22(32)7-9-28-25)21(14-17)18-5-6-20(27(33)34)31-12-10-29-26(18)31/h5-7,9-10,12-13,17,21H,4,8,11,14-15H2,1-3H3,(H,28,32)(H,33,34)/t17-,21-/m0/s1. The Morgan fingerprint density at radius 3 is 2.89 bits per heavy atom. The van der Waals surface area contributed by atoms with Crippen molar-refractivity contribution in [3.05, 3.63) is 75.5 Å². The van der Waals surface area contributed by atoms with Crippen molar-refractivity contribution in [2.75, 3.05) is 20.3 Å². The minimum Gasteiger partial charge on any atom is -0.496 e. The summed E-state index contributed by atoms with van der Waals surface area (Å²) in [5.74, 6) is -0.332. The number of nitrogens with one attached hydrogen (secondary N) is 1. The molecule has 9 heteroatoms. The molecule has 1 fully saturated rings. The van der Waals surface area contributed by atoms with E-state index in [0.29, 0.717) is 29.9 Å². The first-order valence-electron chi connectivity index (χ1n) is 12.2. The minimum absolute atomic E-state index is 0.0528. The molecule has 3 aromatic heterocycles. The van der Waals surface area contributed by atoms with Gasteiger partial charge in [0.15, 0.2) is 5.43 Å². The number of likely N-dealkylation sites (tertiary alicyclic amines) is 1. The summed E-state index contributed by atoms with van der Waals surface area (Å²) < 4.78 is 13.4. The first kappa shape index (κ1) is 24.0. The number of carboxylic acids is 1. The molecule has 5 rings (SSSR count). The number of aromatic nitrogens is 3. The summed E-state index contributed by atoms with van der Waals surface area (Å²) in [5.41, 5.74) is 4.23. The molecule has 4 aromatic rings. The van der Waals surface area contributed by atoms with Gasteiger partial charge in [0, 0.05) is 61.5 Å². The lowest BCUT2D eigenvalue weighted by atomic mass is 9.92. The zero-order chi connectivity index (χ0) is 25.4. The zero-order valence-corrected chi connectivity index (χ0v) is 20.7. The molecule has 0 saturated carbocycles. The number of aryl methyl sites for hydroxylation is 1. The molecule has 2 N–H and O–H groups in total. The number of aromatic carboxylic acids is 1. The Labute approximate surface area is 208 Å². The Hall–Kier alpha value is -3.69. The van der Waals surface area contributed by atoms with Crippen LogP contribution in [0.5, 0.6) is 5.75 Å². The maximum atomic E-state index is 13.0. The van der Waals surface area contributed by atoms with E-state index in [1.807, 2.05) is 26.0 Å². The molecule has 0 aliphatic carbocycles. The molecule has 1 saturated heterocycles. The zero-order valence-electron chi connectivity index (χ0n) is 20.7. The number of fused-ring (bicyclic) bond motifs is 2. The van der Waals surface area contributed by atoms with Gasteiger partial charge >= 0.3 is 5.97 Å². The van der Waals surface area contributed by atoms with Crippen LogP contribution in [-0.4, -0.2) is 56.7 Å². The van der Waals surface area contributed by atoms with Crippen molar-refractivity contribution >= 4 is 22.5 Å². The predicted molar refractivity (Wildman–Crippen MR) is 136 cm³/mol. The lowest BCUT2D eigenvalue weighted by molar-refractivity contribution is -0.0136. The quantitative estimate of drug-likeness (QED) is 0.404. The van der Waals surface area contributed by atoms with Crippen molar-refractivity contribution in [1.82, 2.24) is 19.3 Å². The van der Waals surface area contributed by atoms with Crippen LogP contribution in [0, 0.1) is 6.92 Å². The smallest absolute Gasteiger partial charge is 0.352 e. The number of H-pyrrole nitrogens is 1. The summed E-state index contributed by atoms with van der Waals surface area (Å²) in [7, 11) is 1.62. The van der Waals surface area contributed by atoms with Gasteiger partial charge in [0.1, 0.15) is 17.1 Å². The van der Waals surface area contributed by atoms with E-state index in [0.717, 1.165) is 41.6 Å². The second-order valence-electron chi connectivity index (χ2n) is 9.15. The van der Waals surface area contributed by atoms with Crippen LogP contribution in [0.15, 0.2) is 47.7 Å². The second-order valence-corrected chi connectivity index (χ2v) is 9.15. The summed E-state index contributed by atoms with van der Waals surface area (Å²) in [6.45, 7) is 5.81. The number of imidazole rings is 1. The molecule has 0 amide bonds. The van der Waals surface area contributed by atoms with Gasteiger partial charge in [0.05, 0.1) is 24.1 Å². The van der Waals surface area contributed by atoms with E-state index in [1.54, 1.807) is 42.2 Å². The van der Waals surface area contributed by atoms with Crippen molar-refractivity contribution in [2.24, 2.45) is 0 Å². The van der Waals surface area contributed by atoms with Gasteiger partial charge < -0.3 is 19.6 Å². The molecule has 2 atom stereocenters. The molecule has 0 spiro atoms. The number of rotatable bonds is 7. The second kappa shape index (κ2) is 9.75. The predicted octanol–water partition coefficient (Wildman–Crippen LogP) is 3.93. The largest absolute Gasteiger partial charge is 0.496 e. The maximum Gasteiger partial charge on any atom is 0.352 e. The lowest BCUT2D eigenvalue weighted by Gasteiger charge is -2.40. The van der Waals surface area contributed by atoms with Crippen LogP contribution in [0.3, 0.4) is 0 Å². The number of aromatic amines is 1. The fourth-order valence-corrected chi connectivity index (χ4v) is 5.46. The first-order valence-corrected chi connectivity index (χ1v) is 12.2. The molecule has 4 heterocycles. The van der Waals surface area contributed by atoms with Gasteiger partial charge in [0.2, 0.25) is 0 Å². The molecular weight excluding hydrogens is 460 g/mol. The van der Waals surface area contributed by atoms with Crippen LogP contribution >= 0.6 is 0 Å². The van der Waals surface area contributed by atoms with Crippen molar-refractivity contribution < 1.29 is 19.4 Å². The molecule has 0 bridgehead atoms. The summed E-state index contributed by atoms with van der Waals surface area (Å²) in [6, 6.07) is 6.90. The number of pyridine rings is 2. The Bertz CT molecular complexity index is 1490. The number of hydrogen-bond acceptors (Lipinski definition) is 6. The molecule has 1 aliphatic heterocycles. The Morgan fingerprint density at radius 1 is 1.31 bits per heavy atom. The normalized spacial score (nSPS) is 18.6. The Morgan fingerprint density at radius 2 is 2.14 bits per heavy atom. The average molecular weight is 491 g/mol. The number of piperidine rings is 1. The van der Waals surface area contributed by atoms with E-state index in [2.05, 4.69) is 14.9 Å². The highest BCUT2D eigenvalue weighted by molar-refractivity contribution is 5.87. The summed E-state index contributed by atoms with van der Waals surface area (Å²) in [4.78, 5) is 34.8. The number of carbonyl (C=O) groups is 1. The van der Waals surface area contributed by atoms with Crippen molar-refractivity contribution in [2.45, 2.75) is 45.4 Å². The third kappa shape index (κ3) is 4.14. The van der Waals surface area contributed by atoms with Gasteiger partial charge in [-0.05, 0) is 44.4 Å². The minimum atomic E-state index is -1.01. The van der Waals surface area contributed by atoms with E-state index in [-0.39, 0.29) is 23.3 Å². The Kier molecular flexibility index (Phi) is 6.51. The SMILES string of the molecule is CCO[C@H]1CCN(Cc2c(OC)cc(C)c3[nH]ccc(=O)c23)[C@H](c2ccc(C(=O)O)n3ccnc23)C1. The highest BCUT2D eigenvalue weighted by atomic mass is 16.5. The van der Waals surface area contributed by atoms with Crippen LogP contribution < -0.4 is 10.2 Å². The third-order valence-corrected chi connectivity index (χ3v) is 7.11. The fourth-order valence-electron chi connectivity index (χ4n) is 5.46. The third-order valence-electron chi connectivity index (χ3n) is 7.11. The molecule has 188 valence electrons. The van der Waals surface area contributed by atoms with E-state index >= 15 is 0 Å². The fraction of sp³-hybridized carbons (Fsp3) is 0.370. The van der Waals surface area contributed by atoms with E-state index in [1.165, 1.54) is 0 Å². The van der Waals surface area contributed by atoms with Crippen LogP contribution in [0.2, 0.25) is 0 Å². The molecule has 1 aromatic carbocycles. The van der Waals surface area contributed by atoms with Crippen LogP contribution in [0.1, 0.15) is 53.0 Å². The Balaban J connectivity index is 1.63. The molecular formula is C27H30N4O5. The highest BCUT2D eigenvalue weighted by Crippen LogP contribution is 2.38. The first-order chi connectivity index (χ1) is 17.4. The summed E-state index contributed by atoms with van der Waals surface area (Å²) >= 11 is 0. The number of methoxy groups -OCH3 is 1. The average Bonchev–Trinajstić information content (AvgIpc) is 3.36. The van der Waals surface area contributed by atoms with Gasteiger partial charge in [-0.15, -0.1) is 0 Å². The molecule has 0 radical (unpaired) electrons. The van der Waals surface area contributed by atoms with Gasteiger partial charge in [-0.25, -0.2) is 9.78 Å². The lowest BCUT2D eigenvalue weighted by Crippen LogP contribution is -2.40. The molecule has 1 aliphatic rings. The summed E-state index contributed by atoms with van der Waals surface area (Å²) in [5, 5.41) is 10.3. The van der Waals surface area contributed by atoms with E-state index in [9.17, 15) is 14.7 Å². The number of ether oxygens (including phenoxy) is 2. The van der Waals surface area contributed by atoms with Crippen LogP contribution in [-0.2, 0) is 11.3 Å². The number of nitrogens with zero attached hydrogens (tertiary/aromatic N) is 3. The molecule has 0 unspecified atom stereocenters. The van der Waals surface area contributed by atoms with Gasteiger partial charge in [0.25, 0.3) is 0 Å².